The number of aliphatic hydroxyl groups excluding tert-OH is 1. The van der Waals surface area contributed by atoms with E-state index < -0.39 is 15.8 Å². The van der Waals surface area contributed by atoms with Crippen LogP contribution in [0.5, 0.6) is 0 Å². The Balaban J connectivity index is 1.49. The highest BCUT2D eigenvalue weighted by Crippen LogP contribution is 2.48. The van der Waals surface area contributed by atoms with Crippen LogP contribution in [0, 0.1) is 11.2 Å². The third kappa shape index (κ3) is 5.66. The van der Waals surface area contributed by atoms with E-state index in [1.807, 2.05) is 0 Å². The molecule has 6 nitrogen and oxygen atoms in total. The van der Waals surface area contributed by atoms with E-state index >= 15 is 0 Å². The monoisotopic (exact) mass is 424 g/mol. The van der Waals surface area contributed by atoms with Crippen molar-refractivity contribution < 1.29 is 22.7 Å². The van der Waals surface area contributed by atoms with Gasteiger partial charge >= 0.3 is 0 Å². The number of anilines is 1. The minimum atomic E-state index is -3.76. The lowest BCUT2D eigenvalue weighted by molar-refractivity contribution is -0.137. The lowest BCUT2D eigenvalue weighted by Gasteiger charge is -2.49. The summed E-state index contributed by atoms with van der Waals surface area (Å²) in [6, 6.07) is 3.85. The number of halogens is 1. The number of rotatable bonds is 9. The molecule has 1 aromatic rings. The van der Waals surface area contributed by atoms with E-state index in [1.165, 1.54) is 12.1 Å². The SMILES string of the molecule is C=C/C=C/CCNS(=O)(=O)c1ccc(NCC2CCC3(CO2)CC(O)C3)c(F)c1. The molecule has 0 radical (unpaired) electrons. The van der Waals surface area contributed by atoms with Gasteiger partial charge < -0.3 is 15.2 Å². The molecule has 160 valence electrons. The second-order valence-corrected chi connectivity index (χ2v) is 9.67. The molecule has 1 unspecified atom stereocenters. The summed E-state index contributed by atoms with van der Waals surface area (Å²) in [5, 5.41) is 12.5. The van der Waals surface area contributed by atoms with Gasteiger partial charge in [0.1, 0.15) is 5.82 Å². The lowest BCUT2D eigenvalue weighted by atomic mass is 9.63. The average molecular weight is 425 g/mol. The first kappa shape index (κ1) is 22.0. The first-order valence-electron chi connectivity index (χ1n) is 9.94. The van der Waals surface area contributed by atoms with Crippen molar-refractivity contribution in [1.82, 2.24) is 4.72 Å². The van der Waals surface area contributed by atoms with Gasteiger partial charge in [-0.3, -0.25) is 0 Å². The highest BCUT2D eigenvalue weighted by atomic mass is 32.2. The molecule has 3 rings (SSSR count). The number of benzene rings is 1. The van der Waals surface area contributed by atoms with Crippen molar-refractivity contribution in [2.75, 3.05) is 25.0 Å². The minimum absolute atomic E-state index is 0.0218. The van der Waals surface area contributed by atoms with Gasteiger partial charge in [0.05, 0.1) is 29.4 Å². The average Bonchev–Trinajstić information content (AvgIpc) is 2.67. The zero-order valence-electron chi connectivity index (χ0n) is 16.4. The summed E-state index contributed by atoms with van der Waals surface area (Å²) < 4.78 is 47.3. The quantitative estimate of drug-likeness (QED) is 0.419. The fourth-order valence-corrected chi connectivity index (χ4v) is 4.98. The van der Waals surface area contributed by atoms with Crippen LogP contribution < -0.4 is 10.0 Å². The Bertz CT molecular complexity index is 840. The van der Waals surface area contributed by atoms with Crippen molar-refractivity contribution >= 4 is 15.7 Å². The molecule has 0 aromatic heterocycles. The maximum atomic E-state index is 14.4. The number of sulfonamides is 1. The third-order valence-electron chi connectivity index (χ3n) is 5.61. The van der Waals surface area contributed by atoms with Crippen LogP contribution in [-0.2, 0) is 14.8 Å². The maximum absolute atomic E-state index is 14.4. The molecule has 2 fully saturated rings. The van der Waals surface area contributed by atoms with Crippen LogP contribution in [0.25, 0.3) is 0 Å². The van der Waals surface area contributed by atoms with E-state index in [9.17, 15) is 17.9 Å². The van der Waals surface area contributed by atoms with Crippen LogP contribution in [0.15, 0.2) is 47.9 Å². The second kappa shape index (κ2) is 9.38. The first-order chi connectivity index (χ1) is 13.8. The molecule has 0 bridgehead atoms. The van der Waals surface area contributed by atoms with E-state index in [-0.39, 0.29) is 34.8 Å². The summed E-state index contributed by atoms with van der Waals surface area (Å²) >= 11 is 0. The molecule has 1 aromatic carbocycles. The number of aliphatic hydroxyl groups is 1. The zero-order chi connectivity index (χ0) is 20.9. The Labute approximate surface area is 171 Å². The lowest BCUT2D eigenvalue weighted by Crippen LogP contribution is -2.49. The highest BCUT2D eigenvalue weighted by Gasteiger charge is 2.46. The zero-order valence-corrected chi connectivity index (χ0v) is 17.3. The van der Waals surface area contributed by atoms with Crippen LogP contribution in [0.2, 0.25) is 0 Å². The Morgan fingerprint density at radius 3 is 2.79 bits per heavy atom. The number of allylic oxidation sites excluding steroid dienone is 2. The van der Waals surface area contributed by atoms with Crippen LogP contribution in [0.4, 0.5) is 10.1 Å². The standard InChI is InChI=1S/C21H29FN2O4S/c1-2-3-4-5-10-24-29(26,27)18-6-7-20(19(22)11-18)23-14-17-8-9-21(15-28-17)12-16(25)13-21/h2-4,6-7,11,16-17,23-25H,1,5,8-10,12-15H2/b4-3+. The second-order valence-electron chi connectivity index (χ2n) is 7.91. The van der Waals surface area contributed by atoms with E-state index in [0.717, 1.165) is 31.7 Å². The van der Waals surface area contributed by atoms with Crippen LogP contribution in [0.1, 0.15) is 32.1 Å². The fourth-order valence-electron chi connectivity index (χ4n) is 3.92. The topological polar surface area (TPSA) is 87.7 Å². The Kier molecular flexibility index (Phi) is 7.10. The molecule has 1 spiro atoms. The number of ether oxygens (including phenoxy) is 1. The molecule has 1 heterocycles. The molecule has 1 saturated carbocycles. The third-order valence-corrected chi connectivity index (χ3v) is 7.06. The summed E-state index contributed by atoms with van der Waals surface area (Å²) in [5.41, 5.74) is 0.381. The molecule has 1 saturated heterocycles. The normalized spacial score (nSPS) is 27.1. The summed E-state index contributed by atoms with van der Waals surface area (Å²) in [6.45, 7) is 4.85. The number of nitrogens with one attached hydrogen (secondary N) is 2. The Morgan fingerprint density at radius 1 is 1.38 bits per heavy atom. The molecule has 1 aliphatic heterocycles. The smallest absolute Gasteiger partial charge is 0.240 e. The van der Waals surface area contributed by atoms with Crippen molar-refractivity contribution in [2.45, 2.75) is 49.2 Å². The maximum Gasteiger partial charge on any atom is 0.240 e. The van der Waals surface area contributed by atoms with Gasteiger partial charge in [-0.1, -0.05) is 24.8 Å². The van der Waals surface area contributed by atoms with Gasteiger partial charge in [0, 0.05) is 13.1 Å². The number of hydrogen-bond donors (Lipinski definition) is 3. The summed E-state index contributed by atoms with van der Waals surface area (Å²) in [7, 11) is -3.76. The van der Waals surface area contributed by atoms with Crippen LogP contribution >= 0.6 is 0 Å². The molecular formula is C21H29FN2O4S. The summed E-state index contributed by atoms with van der Waals surface area (Å²) in [5.74, 6) is -0.617. The van der Waals surface area contributed by atoms with E-state index in [0.29, 0.717) is 19.6 Å². The van der Waals surface area contributed by atoms with E-state index in [4.69, 9.17) is 4.74 Å². The summed E-state index contributed by atoms with van der Waals surface area (Å²) in [6.07, 6.45) is 8.92. The van der Waals surface area contributed by atoms with Gasteiger partial charge in [-0.2, -0.15) is 0 Å². The van der Waals surface area contributed by atoms with Gasteiger partial charge in [-0.25, -0.2) is 17.5 Å². The highest BCUT2D eigenvalue weighted by molar-refractivity contribution is 7.89. The van der Waals surface area contributed by atoms with Gasteiger partial charge in [0.15, 0.2) is 0 Å². The predicted octanol–water partition coefficient (Wildman–Crippen LogP) is 2.97. The van der Waals surface area contributed by atoms with Crippen molar-refractivity contribution in [3.63, 3.8) is 0 Å². The van der Waals surface area contributed by atoms with E-state index in [1.54, 1.807) is 18.2 Å². The molecule has 1 atom stereocenters. The summed E-state index contributed by atoms with van der Waals surface area (Å²) in [4.78, 5) is -0.104. The van der Waals surface area contributed by atoms with Crippen molar-refractivity contribution in [1.29, 1.82) is 0 Å². The molecule has 1 aliphatic carbocycles. The predicted molar refractivity (Wildman–Crippen MR) is 111 cm³/mol. The van der Waals surface area contributed by atoms with Crippen LogP contribution in [0.3, 0.4) is 0 Å². The molecule has 3 N–H and O–H groups in total. The minimum Gasteiger partial charge on any atom is -0.393 e. The van der Waals surface area contributed by atoms with Crippen LogP contribution in [-0.4, -0.2) is 45.4 Å². The Morgan fingerprint density at radius 2 is 2.17 bits per heavy atom. The van der Waals surface area contributed by atoms with Gasteiger partial charge in [-0.05, 0) is 55.7 Å². The first-order valence-corrected chi connectivity index (χ1v) is 11.4. The van der Waals surface area contributed by atoms with Crippen molar-refractivity contribution in [3.8, 4) is 0 Å². The largest absolute Gasteiger partial charge is 0.393 e. The van der Waals surface area contributed by atoms with E-state index in [2.05, 4.69) is 16.6 Å². The molecular weight excluding hydrogens is 395 g/mol. The molecule has 2 aliphatic rings. The molecule has 8 heteroatoms. The molecule has 29 heavy (non-hydrogen) atoms. The van der Waals surface area contributed by atoms with Crippen molar-refractivity contribution in [3.05, 3.63) is 48.8 Å². The number of hydrogen-bond acceptors (Lipinski definition) is 5. The van der Waals surface area contributed by atoms with Crippen molar-refractivity contribution in [2.24, 2.45) is 5.41 Å². The van der Waals surface area contributed by atoms with Gasteiger partial charge in [0.25, 0.3) is 0 Å². The molecule has 0 amide bonds. The van der Waals surface area contributed by atoms with Gasteiger partial charge in [-0.15, -0.1) is 0 Å². The van der Waals surface area contributed by atoms with Gasteiger partial charge in [0.2, 0.25) is 10.0 Å². The Hall–Kier alpha value is -1.74. The fraction of sp³-hybridized carbons (Fsp3) is 0.524.